The summed E-state index contributed by atoms with van der Waals surface area (Å²) in [5.74, 6) is -0.740. The zero-order chi connectivity index (χ0) is 15.2. The largest absolute Gasteiger partial charge is 0.481 e. The molecule has 1 amide bonds. The van der Waals surface area contributed by atoms with E-state index in [0.29, 0.717) is 32.7 Å². The van der Waals surface area contributed by atoms with Crippen molar-refractivity contribution in [2.24, 2.45) is 11.3 Å². The van der Waals surface area contributed by atoms with Gasteiger partial charge in [0.2, 0.25) is 5.91 Å². The maximum atomic E-state index is 11.8. The van der Waals surface area contributed by atoms with Crippen molar-refractivity contribution in [3.63, 3.8) is 0 Å². The van der Waals surface area contributed by atoms with E-state index in [1.54, 1.807) is 7.11 Å². The number of rotatable bonds is 8. The molecule has 0 spiro atoms. The molecule has 0 radical (unpaired) electrons. The Labute approximate surface area is 120 Å². The van der Waals surface area contributed by atoms with Gasteiger partial charge in [0, 0.05) is 26.8 Å². The van der Waals surface area contributed by atoms with Gasteiger partial charge in [-0.2, -0.15) is 0 Å². The number of nitrogens with zero attached hydrogens (tertiary/aromatic N) is 1. The maximum Gasteiger partial charge on any atom is 0.311 e. The number of aliphatic carboxylic acids is 1. The number of carboxylic acids is 1. The summed E-state index contributed by atoms with van der Waals surface area (Å²) in [4.78, 5) is 25.2. The topological polar surface area (TPSA) is 78.9 Å². The highest BCUT2D eigenvalue weighted by atomic mass is 16.5. The van der Waals surface area contributed by atoms with Gasteiger partial charge in [0.15, 0.2) is 0 Å². The summed E-state index contributed by atoms with van der Waals surface area (Å²) in [6.07, 6.45) is 1.39. The van der Waals surface area contributed by atoms with Gasteiger partial charge in [-0.1, -0.05) is 13.8 Å². The Morgan fingerprint density at radius 1 is 1.45 bits per heavy atom. The third-order valence-electron chi connectivity index (χ3n) is 4.13. The molecular formula is C14H26N2O4. The van der Waals surface area contributed by atoms with Crippen molar-refractivity contribution in [2.45, 2.75) is 26.7 Å². The maximum absolute atomic E-state index is 11.8. The van der Waals surface area contributed by atoms with Gasteiger partial charge in [-0.05, 0) is 25.3 Å². The molecule has 1 heterocycles. The van der Waals surface area contributed by atoms with Gasteiger partial charge in [0.1, 0.15) is 0 Å². The molecule has 2 N–H and O–H groups in total. The highest BCUT2D eigenvalue weighted by Gasteiger charge is 2.47. The van der Waals surface area contributed by atoms with E-state index in [2.05, 4.69) is 5.32 Å². The molecule has 1 saturated heterocycles. The second-order valence-corrected chi connectivity index (χ2v) is 5.77. The van der Waals surface area contributed by atoms with E-state index >= 15 is 0 Å². The van der Waals surface area contributed by atoms with E-state index in [9.17, 15) is 14.7 Å². The van der Waals surface area contributed by atoms with Crippen molar-refractivity contribution >= 4 is 11.9 Å². The average Bonchev–Trinajstić information content (AvgIpc) is 2.80. The molecule has 1 rings (SSSR count). The molecule has 6 nitrogen and oxygen atoms in total. The molecule has 0 aliphatic carbocycles. The molecule has 0 saturated carbocycles. The summed E-state index contributed by atoms with van der Waals surface area (Å²) < 4.78 is 4.91. The van der Waals surface area contributed by atoms with Gasteiger partial charge in [-0.25, -0.2) is 0 Å². The van der Waals surface area contributed by atoms with Crippen molar-refractivity contribution in [1.82, 2.24) is 10.2 Å². The quantitative estimate of drug-likeness (QED) is 0.638. The number of likely N-dealkylation sites (tertiary alicyclic amines) is 1. The lowest BCUT2D eigenvalue weighted by atomic mass is 9.76. The van der Waals surface area contributed by atoms with Crippen LogP contribution in [0.1, 0.15) is 26.7 Å². The van der Waals surface area contributed by atoms with Crippen molar-refractivity contribution in [2.75, 3.05) is 39.9 Å². The number of ether oxygens (including phenoxy) is 1. The highest BCUT2D eigenvalue weighted by molar-refractivity contribution is 5.79. The summed E-state index contributed by atoms with van der Waals surface area (Å²) in [5.41, 5.74) is -0.712. The van der Waals surface area contributed by atoms with E-state index < -0.39 is 11.4 Å². The number of amides is 1. The van der Waals surface area contributed by atoms with Crippen molar-refractivity contribution in [3.8, 4) is 0 Å². The summed E-state index contributed by atoms with van der Waals surface area (Å²) in [5, 5.41) is 12.3. The van der Waals surface area contributed by atoms with Crippen LogP contribution < -0.4 is 5.32 Å². The number of nitrogens with one attached hydrogen (secondary N) is 1. The first-order chi connectivity index (χ1) is 9.42. The van der Waals surface area contributed by atoms with Crippen LogP contribution in [-0.2, 0) is 14.3 Å². The lowest BCUT2D eigenvalue weighted by Crippen LogP contribution is -2.42. The van der Waals surface area contributed by atoms with Crippen LogP contribution in [-0.4, -0.2) is 61.8 Å². The fraction of sp³-hybridized carbons (Fsp3) is 0.857. The molecular weight excluding hydrogens is 260 g/mol. The molecule has 1 fully saturated rings. The fourth-order valence-corrected chi connectivity index (χ4v) is 2.65. The molecule has 116 valence electrons. The fourth-order valence-electron chi connectivity index (χ4n) is 2.65. The van der Waals surface area contributed by atoms with Crippen molar-refractivity contribution < 1.29 is 19.4 Å². The van der Waals surface area contributed by atoms with E-state index in [1.807, 2.05) is 18.7 Å². The molecule has 0 aromatic carbocycles. The number of methoxy groups -OCH3 is 1. The van der Waals surface area contributed by atoms with Crippen LogP contribution in [0.4, 0.5) is 0 Å². The van der Waals surface area contributed by atoms with Gasteiger partial charge in [-0.3, -0.25) is 14.5 Å². The first-order valence-electron chi connectivity index (χ1n) is 7.14. The normalized spacial score (nSPS) is 23.2. The van der Waals surface area contributed by atoms with Gasteiger partial charge in [-0.15, -0.1) is 0 Å². The number of carboxylic acid groups (broad SMARTS) is 1. The molecule has 1 atom stereocenters. The molecule has 0 bridgehead atoms. The summed E-state index contributed by atoms with van der Waals surface area (Å²) in [6.45, 7) is 6.47. The Bertz CT molecular complexity index is 346. The Morgan fingerprint density at radius 2 is 2.15 bits per heavy atom. The molecule has 6 heteroatoms. The second kappa shape index (κ2) is 7.59. The molecule has 1 unspecified atom stereocenters. The van der Waals surface area contributed by atoms with Crippen LogP contribution in [0.2, 0.25) is 0 Å². The number of hydrogen-bond donors (Lipinski definition) is 2. The molecule has 1 aliphatic rings. The molecule has 1 aliphatic heterocycles. The lowest BCUT2D eigenvalue weighted by molar-refractivity contribution is -0.151. The van der Waals surface area contributed by atoms with E-state index in [1.165, 1.54) is 0 Å². The summed E-state index contributed by atoms with van der Waals surface area (Å²) in [7, 11) is 1.63. The number of carbonyl (C=O) groups is 2. The average molecular weight is 286 g/mol. The first-order valence-corrected chi connectivity index (χ1v) is 7.14. The van der Waals surface area contributed by atoms with Crippen LogP contribution in [0.15, 0.2) is 0 Å². The minimum Gasteiger partial charge on any atom is -0.481 e. The third-order valence-corrected chi connectivity index (χ3v) is 4.13. The zero-order valence-corrected chi connectivity index (χ0v) is 12.6. The Kier molecular flexibility index (Phi) is 6.42. The third kappa shape index (κ3) is 4.18. The first kappa shape index (κ1) is 16.9. The second-order valence-electron chi connectivity index (χ2n) is 5.77. The minimum atomic E-state index is -0.754. The standard InChI is InChI=1S/C14H26N2O4/c1-11(2)14(13(18)19)5-7-16(10-14)9-12(17)15-6-4-8-20-3/h11H,4-10H2,1-3H3,(H,15,17)(H,18,19). The van der Waals surface area contributed by atoms with Crippen molar-refractivity contribution in [3.05, 3.63) is 0 Å². The SMILES string of the molecule is COCCCNC(=O)CN1CCC(C(=O)O)(C(C)C)C1. The Morgan fingerprint density at radius 3 is 2.65 bits per heavy atom. The van der Waals surface area contributed by atoms with Crippen LogP contribution in [0, 0.1) is 11.3 Å². The van der Waals surface area contributed by atoms with E-state index in [-0.39, 0.29) is 18.4 Å². The van der Waals surface area contributed by atoms with Crippen LogP contribution >= 0.6 is 0 Å². The number of carbonyl (C=O) groups excluding carboxylic acids is 1. The summed E-state index contributed by atoms with van der Waals surface area (Å²) >= 11 is 0. The minimum absolute atomic E-state index is 0.0500. The predicted molar refractivity (Wildman–Crippen MR) is 75.5 cm³/mol. The Hall–Kier alpha value is -1.14. The van der Waals surface area contributed by atoms with Crippen LogP contribution in [0.3, 0.4) is 0 Å². The van der Waals surface area contributed by atoms with Gasteiger partial charge < -0.3 is 15.2 Å². The van der Waals surface area contributed by atoms with Crippen LogP contribution in [0.25, 0.3) is 0 Å². The smallest absolute Gasteiger partial charge is 0.311 e. The predicted octanol–water partition coefficient (Wildman–Crippen LogP) is 0.572. The zero-order valence-electron chi connectivity index (χ0n) is 12.6. The van der Waals surface area contributed by atoms with Gasteiger partial charge in [0.25, 0.3) is 0 Å². The molecule has 0 aromatic rings. The molecule has 0 aromatic heterocycles. The van der Waals surface area contributed by atoms with E-state index in [0.717, 1.165) is 6.42 Å². The van der Waals surface area contributed by atoms with Gasteiger partial charge in [0.05, 0.1) is 12.0 Å². The van der Waals surface area contributed by atoms with Crippen molar-refractivity contribution in [1.29, 1.82) is 0 Å². The Balaban J connectivity index is 2.40. The molecule has 20 heavy (non-hydrogen) atoms. The monoisotopic (exact) mass is 286 g/mol. The highest BCUT2D eigenvalue weighted by Crippen LogP contribution is 2.37. The lowest BCUT2D eigenvalue weighted by Gasteiger charge is -2.28. The van der Waals surface area contributed by atoms with Crippen LogP contribution in [0.5, 0.6) is 0 Å². The van der Waals surface area contributed by atoms with E-state index in [4.69, 9.17) is 4.74 Å². The van der Waals surface area contributed by atoms with Gasteiger partial charge >= 0.3 is 5.97 Å². The number of hydrogen-bond acceptors (Lipinski definition) is 4. The summed E-state index contributed by atoms with van der Waals surface area (Å²) in [6, 6.07) is 0.